The first-order valence-corrected chi connectivity index (χ1v) is 13.3. The number of carbonyl (C=O) groups excluding carboxylic acids is 2. The first-order valence-electron chi connectivity index (χ1n) is 11.6. The molecular formula is C25H26N2O7S. The standard InChI is InChI=1S/C25H26N2O7S/c28-23(29)11-21(24(30)27-12-15-9-10-35(32,33)22(15)13-27)26-25(31)34-14-20-18-7-3-1-5-16(18)17-6-2-4-8-19(17)20/h1-8,15,20-22H,9-14H2,(H,26,31)(H,28,29)/t15-,21?,22+/m0/s1. The molecule has 1 unspecified atom stereocenters. The van der Waals surface area contributed by atoms with Gasteiger partial charge >= 0.3 is 12.1 Å². The Morgan fingerprint density at radius 3 is 2.26 bits per heavy atom. The van der Waals surface area contributed by atoms with E-state index in [2.05, 4.69) is 5.32 Å². The fourth-order valence-electron chi connectivity index (χ4n) is 5.55. The van der Waals surface area contributed by atoms with Gasteiger partial charge in [0.05, 0.1) is 17.4 Å². The van der Waals surface area contributed by atoms with Crippen molar-refractivity contribution >= 4 is 27.8 Å². The Kier molecular flexibility index (Phi) is 6.00. The van der Waals surface area contributed by atoms with E-state index in [4.69, 9.17) is 4.74 Å². The summed E-state index contributed by atoms with van der Waals surface area (Å²) in [5.74, 6) is -2.07. The van der Waals surface area contributed by atoms with Gasteiger partial charge in [-0.2, -0.15) is 0 Å². The number of sulfone groups is 1. The van der Waals surface area contributed by atoms with Crippen LogP contribution in [0, 0.1) is 5.92 Å². The fourth-order valence-corrected chi connectivity index (χ4v) is 7.70. The van der Waals surface area contributed by atoms with E-state index in [9.17, 15) is 27.9 Å². The van der Waals surface area contributed by atoms with Crippen LogP contribution in [0.25, 0.3) is 11.1 Å². The van der Waals surface area contributed by atoms with E-state index in [1.165, 1.54) is 4.90 Å². The monoisotopic (exact) mass is 498 g/mol. The number of fused-ring (bicyclic) bond motifs is 4. The van der Waals surface area contributed by atoms with Crippen LogP contribution < -0.4 is 5.32 Å². The number of rotatable bonds is 6. The molecule has 0 radical (unpaired) electrons. The van der Waals surface area contributed by atoms with E-state index in [1.807, 2.05) is 48.5 Å². The smallest absolute Gasteiger partial charge is 0.407 e. The molecule has 9 nitrogen and oxygen atoms in total. The quantitative estimate of drug-likeness (QED) is 0.623. The number of likely N-dealkylation sites (tertiary alicyclic amines) is 1. The largest absolute Gasteiger partial charge is 0.481 e. The lowest BCUT2D eigenvalue weighted by Crippen LogP contribution is -2.49. The lowest BCUT2D eigenvalue weighted by Gasteiger charge is -2.24. The summed E-state index contributed by atoms with van der Waals surface area (Å²) < 4.78 is 29.9. The summed E-state index contributed by atoms with van der Waals surface area (Å²) in [6.07, 6.45) is -1.03. The predicted octanol–water partition coefficient (Wildman–Crippen LogP) is 2.01. The number of carbonyl (C=O) groups is 3. The number of hydrogen-bond donors (Lipinski definition) is 2. The summed E-state index contributed by atoms with van der Waals surface area (Å²) in [5.41, 5.74) is 4.21. The van der Waals surface area contributed by atoms with E-state index in [-0.39, 0.29) is 37.3 Å². The molecular weight excluding hydrogens is 472 g/mol. The second-order valence-electron chi connectivity index (χ2n) is 9.32. The van der Waals surface area contributed by atoms with E-state index in [0.717, 1.165) is 22.3 Å². The number of hydrogen-bond acceptors (Lipinski definition) is 6. The van der Waals surface area contributed by atoms with Crippen molar-refractivity contribution in [2.45, 2.75) is 30.1 Å². The Bertz CT molecular complexity index is 1250. The number of nitrogens with zero attached hydrogens (tertiary/aromatic N) is 1. The minimum absolute atomic E-state index is 0.0221. The predicted molar refractivity (Wildman–Crippen MR) is 127 cm³/mol. The van der Waals surface area contributed by atoms with E-state index >= 15 is 0 Å². The highest BCUT2D eigenvalue weighted by atomic mass is 32.2. The number of carboxylic acids is 1. The number of alkyl carbamates (subject to hydrolysis) is 1. The zero-order chi connectivity index (χ0) is 24.7. The van der Waals surface area contributed by atoms with Crippen LogP contribution in [0.2, 0.25) is 0 Å². The molecule has 2 aromatic rings. The Balaban J connectivity index is 1.25. The van der Waals surface area contributed by atoms with Crippen LogP contribution >= 0.6 is 0 Å². The minimum atomic E-state index is -3.25. The average molecular weight is 499 g/mol. The first kappa shape index (κ1) is 23.3. The molecule has 2 aliphatic heterocycles. The van der Waals surface area contributed by atoms with Gasteiger partial charge in [0, 0.05) is 19.0 Å². The third kappa shape index (κ3) is 4.38. The Morgan fingerprint density at radius 2 is 1.66 bits per heavy atom. The number of nitrogens with one attached hydrogen (secondary N) is 1. The van der Waals surface area contributed by atoms with Crippen LogP contribution in [0.1, 0.15) is 29.9 Å². The second kappa shape index (κ2) is 8.99. The zero-order valence-electron chi connectivity index (χ0n) is 18.9. The molecule has 2 fully saturated rings. The van der Waals surface area contributed by atoms with Crippen molar-refractivity contribution < 1.29 is 32.6 Å². The van der Waals surface area contributed by atoms with Crippen LogP contribution in [-0.2, 0) is 24.2 Å². The van der Waals surface area contributed by atoms with Gasteiger partial charge in [0.25, 0.3) is 0 Å². The maximum absolute atomic E-state index is 13.0. The number of aliphatic carboxylic acids is 1. The van der Waals surface area contributed by atoms with Gasteiger partial charge in [-0.1, -0.05) is 48.5 Å². The lowest BCUT2D eigenvalue weighted by atomic mass is 9.98. The second-order valence-corrected chi connectivity index (χ2v) is 11.7. The molecule has 5 rings (SSSR count). The highest BCUT2D eigenvalue weighted by Gasteiger charge is 2.48. The Labute approximate surface area is 203 Å². The molecule has 0 aromatic heterocycles. The van der Waals surface area contributed by atoms with Gasteiger partial charge < -0.3 is 20.1 Å². The van der Waals surface area contributed by atoms with Crippen molar-refractivity contribution in [1.82, 2.24) is 10.2 Å². The summed E-state index contributed by atoms with van der Waals surface area (Å²) in [6, 6.07) is 14.4. The molecule has 2 saturated heterocycles. The topological polar surface area (TPSA) is 130 Å². The maximum atomic E-state index is 13.0. The average Bonchev–Trinajstić information content (AvgIpc) is 3.48. The molecule has 10 heteroatoms. The van der Waals surface area contributed by atoms with Gasteiger partial charge in [0.15, 0.2) is 9.84 Å². The van der Waals surface area contributed by atoms with Gasteiger partial charge in [-0.05, 0) is 34.6 Å². The summed E-state index contributed by atoms with van der Waals surface area (Å²) in [7, 11) is -3.25. The van der Waals surface area contributed by atoms with Crippen molar-refractivity contribution in [2.75, 3.05) is 25.4 Å². The first-order chi connectivity index (χ1) is 16.7. The molecule has 2 amide bonds. The molecule has 3 atom stereocenters. The summed E-state index contributed by atoms with van der Waals surface area (Å²) in [5, 5.41) is 11.1. The molecule has 2 heterocycles. The van der Waals surface area contributed by atoms with Gasteiger partial charge in [0.1, 0.15) is 12.6 Å². The van der Waals surface area contributed by atoms with Crippen LogP contribution in [0.15, 0.2) is 48.5 Å². The van der Waals surface area contributed by atoms with Gasteiger partial charge in [-0.15, -0.1) is 0 Å². The van der Waals surface area contributed by atoms with Gasteiger partial charge in [0.2, 0.25) is 5.91 Å². The molecule has 2 aromatic carbocycles. The highest BCUT2D eigenvalue weighted by molar-refractivity contribution is 7.92. The summed E-state index contributed by atoms with van der Waals surface area (Å²) in [4.78, 5) is 38.4. The van der Waals surface area contributed by atoms with Crippen molar-refractivity contribution in [1.29, 1.82) is 0 Å². The number of carboxylic acid groups (broad SMARTS) is 1. The third-order valence-electron chi connectivity index (χ3n) is 7.24. The van der Waals surface area contributed by atoms with Gasteiger partial charge in [-0.3, -0.25) is 9.59 Å². The Hall–Kier alpha value is -3.40. The maximum Gasteiger partial charge on any atom is 0.407 e. The van der Waals surface area contributed by atoms with Crippen LogP contribution in [0.4, 0.5) is 4.79 Å². The zero-order valence-corrected chi connectivity index (χ0v) is 19.7. The molecule has 0 saturated carbocycles. The number of benzene rings is 2. The molecule has 184 valence electrons. The summed E-state index contributed by atoms with van der Waals surface area (Å²) in [6.45, 7) is 0.291. The number of amides is 2. The lowest BCUT2D eigenvalue weighted by molar-refractivity contribution is -0.142. The van der Waals surface area contributed by atoms with Crippen molar-refractivity contribution in [3.8, 4) is 11.1 Å². The van der Waals surface area contributed by atoms with Crippen molar-refractivity contribution in [3.05, 3.63) is 59.7 Å². The minimum Gasteiger partial charge on any atom is -0.481 e. The normalized spacial score (nSPS) is 22.7. The molecule has 3 aliphatic rings. The van der Waals surface area contributed by atoms with E-state index < -0.39 is 45.5 Å². The van der Waals surface area contributed by atoms with Crippen LogP contribution in [0.5, 0.6) is 0 Å². The van der Waals surface area contributed by atoms with E-state index in [1.54, 1.807) is 0 Å². The van der Waals surface area contributed by atoms with Crippen molar-refractivity contribution in [2.24, 2.45) is 5.92 Å². The van der Waals surface area contributed by atoms with Crippen LogP contribution in [0.3, 0.4) is 0 Å². The number of ether oxygens (including phenoxy) is 1. The molecule has 1 aliphatic carbocycles. The van der Waals surface area contributed by atoms with Crippen LogP contribution in [-0.4, -0.2) is 73.1 Å². The van der Waals surface area contributed by atoms with Gasteiger partial charge in [-0.25, -0.2) is 13.2 Å². The molecule has 0 bridgehead atoms. The fraction of sp³-hybridized carbons (Fsp3) is 0.400. The summed E-state index contributed by atoms with van der Waals surface area (Å²) >= 11 is 0. The Morgan fingerprint density at radius 1 is 1.03 bits per heavy atom. The SMILES string of the molecule is O=C(O)CC(NC(=O)OCC1c2ccccc2-c2ccccc21)C(=O)N1C[C@@H]2CCS(=O)(=O)[C@@H]2C1. The van der Waals surface area contributed by atoms with E-state index in [0.29, 0.717) is 6.42 Å². The third-order valence-corrected chi connectivity index (χ3v) is 9.50. The molecule has 0 spiro atoms. The highest BCUT2D eigenvalue weighted by Crippen LogP contribution is 2.44. The van der Waals surface area contributed by atoms with Crippen molar-refractivity contribution in [3.63, 3.8) is 0 Å². The molecule has 2 N–H and O–H groups in total. The molecule has 35 heavy (non-hydrogen) atoms.